The van der Waals surface area contributed by atoms with E-state index in [1.165, 1.54) is 21.6 Å². The molecule has 0 saturated heterocycles. The molecular weight excluding hydrogens is 368 g/mol. The van der Waals surface area contributed by atoms with Crippen molar-refractivity contribution in [2.24, 2.45) is 0 Å². The Kier molecular flexibility index (Phi) is 8.05. The molecule has 0 spiro atoms. The quantitative estimate of drug-likeness (QED) is 0.203. The van der Waals surface area contributed by atoms with E-state index < -0.39 is 11.1 Å². The van der Waals surface area contributed by atoms with Crippen LogP contribution in [0.2, 0.25) is 0 Å². The molecule has 0 unspecified atom stereocenters. The molecule has 0 aliphatic rings. The summed E-state index contributed by atoms with van der Waals surface area (Å²) in [5.41, 5.74) is 0. The molecule has 0 radical (unpaired) electrons. The Morgan fingerprint density at radius 1 is 1.24 bits per heavy atom. The van der Waals surface area contributed by atoms with E-state index in [1.807, 2.05) is 24.3 Å². The summed E-state index contributed by atoms with van der Waals surface area (Å²) in [5.74, 6) is 1.21. The van der Waals surface area contributed by atoms with Crippen molar-refractivity contribution in [1.82, 2.24) is 10.2 Å². The van der Waals surface area contributed by atoms with E-state index in [0.29, 0.717) is 17.3 Å². The lowest BCUT2D eigenvalue weighted by Crippen LogP contribution is -2.18. The minimum atomic E-state index is -0.819. The van der Waals surface area contributed by atoms with Crippen molar-refractivity contribution in [2.45, 2.75) is 0 Å². The Balaban J connectivity index is 1.60. The highest BCUT2D eigenvalue weighted by atomic mass is 33.1. The van der Waals surface area contributed by atoms with Gasteiger partial charge in [-0.1, -0.05) is 45.9 Å². The molecule has 0 bridgehead atoms. The summed E-state index contributed by atoms with van der Waals surface area (Å²) < 4.78 is 5.10. The van der Waals surface area contributed by atoms with Gasteiger partial charge in [0.25, 0.3) is 5.09 Å². The third-order valence-corrected chi connectivity index (χ3v) is 5.18. The van der Waals surface area contributed by atoms with Gasteiger partial charge in [-0.05, 0) is 0 Å². The van der Waals surface area contributed by atoms with Crippen LogP contribution in [0.1, 0.15) is 0 Å². The van der Waals surface area contributed by atoms with Gasteiger partial charge in [-0.3, -0.25) is 4.79 Å². The summed E-state index contributed by atoms with van der Waals surface area (Å²) in [6, 6.07) is 7.60. The van der Waals surface area contributed by atoms with Crippen LogP contribution in [0.3, 0.4) is 0 Å². The molecule has 9 nitrogen and oxygen atoms in total. The van der Waals surface area contributed by atoms with Crippen molar-refractivity contribution >= 4 is 44.1 Å². The maximum atomic E-state index is 11.7. The zero-order valence-electron chi connectivity index (χ0n) is 13.1. The Labute approximate surface area is 151 Å². The van der Waals surface area contributed by atoms with Gasteiger partial charge in [0.05, 0.1) is 6.20 Å². The number of benzene rings is 1. The molecular formula is C14H16N4O5S2. The average molecular weight is 384 g/mol. The minimum Gasteiger partial charge on any atom is -0.463 e. The number of carbonyl (C=O) groups is 1. The summed E-state index contributed by atoms with van der Waals surface area (Å²) >= 11 is 0. The number of fused-ring (bicyclic) bond motifs is 1. The van der Waals surface area contributed by atoms with Crippen molar-refractivity contribution in [3.8, 4) is 0 Å². The van der Waals surface area contributed by atoms with Crippen LogP contribution in [-0.2, 0) is 14.4 Å². The van der Waals surface area contributed by atoms with Gasteiger partial charge in [0.15, 0.2) is 5.82 Å². The van der Waals surface area contributed by atoms with Gasteiger partial charge in [0, 0.05) is 22.3 Å². The number of ether oxygens (including phenoxy) is 1. The van der Waals surface area contributed by atoms with Crippen molar-refractivity contribution in [2.75, 3.05) is 36.6 Å². The molecule has 2 aromatic rings. The van der Waals surface area contributed by atoms with Crippen molar-refractivity contribution in [3.05, 3.63) is 40.6 Å². The smallest absolute Gasteiger partial charge is 0.325 e. The van der Waals surface area contributed by atoms with Crippen LogP contribution in [-0.4, -0.2) is 52.5 Å². The second-order valence-electron chi connectivity index (χ2n) is 4.56. The molecule has 25 heavy (non-hydrogen) atoms. The van der Waals surface area contributed by atoms with Crippen LogP contribution in [0, 0.1) is 10.1 Å². The normalized spacial score (nSPS) is 10.4. The van der Waals surface area contributed by atoms with E-state index >= 15 is 0 Å². The van der Waals surface area contributed by atoms with E-state index in [9.17, 15) is 14.9 Å². The SMILES string of the molecule is O=C(CNc1nncc2ccccc12)OCCSSCCO[N+](=O)[O-]. The molecule has 1 heterocycles. The molecule has 0 fully saturated rings. The molecule has 0 aliphatic heterocycles. The van der Waals surface area contributed by atoms with Crippen LogP contribution in [0.4, 0.5) is 5.82 Å². The third kappa shape index (κ3) is 7.01. The maximum absolute atomic E-state index is 11.7. The predicted octanol–water partition coefficient (Wildman–Crippen LogP) is 2.17. The first-order valence-electron chi connectivity index (χ1n) is 7.28. The van der Waals surface area contributed by atoms with Crippen LogP contribution < -0.4 is 5.32 Å². The van der Waals surface area contributed by atoms with Crippen LogP contribution in [0.25, 0.3) is 10.8 Å². The van der Waals surface area contributed by atoms with Crippen molar-refractivity contribution in [3.63, 3.8) is 0 Å². The summed E-state index contributed by atoms with van der Waals surface area (Å²) in [5, 5.41) is 21.7. The number of nitrogens with one attached hydrogen (secondary N) is 1. The number of esters is 1. The number of hydrogen-bond acceptors (Lipinski definition) is 10. The first kappa shape index (κ1) is 19.1. The first-order chi connectivity index (χ1) is 12.2. The number of aromatic nitrogens is 2. The minimum absolute atomic E-state index is 0.00281. The van der Waals surface area contributed by atoms with Crippen LogP contribution >= 0.6 is 21.6 Å². The number of anilines is 1. The highest BCUT2D eigenvalue weighted by Gasteiger charge is 2.07. The number of rotatable bonds is 11. The fourth-order valence-electron chi connectivity index (χ4n) is 1.82. The molecule has 0 amide bonds. The van der Waals surface area contributed by atoms with Gasteiger partial charge in [-0.2, -0.15) is 5.10 Å². The largest absolute Gasteiger partial charge is 0.463 e. The van der Waals surface area contributed by atoms with E-state index in [0.717, 1.165) is 10.8 Å². The van der Waals surface area contributed by atoms with Gasteiger partial charge in [0.2, 0.25) is 0 Å². The summed E-state index contributed by atoms with van der Waals surface area (Å²) in [6.07, 6.45) is 1.66. The molecule has 11 heteroatoms. The molecule has 0 saturated carbocycles. The first-order valence-corrected chi connectivity index (χ1v) is 9.77. The number of carbonyl (C=O) groups excluding carboxylic acids is 1. The van der Waals surface area contributed by atoms with E-state index in [1.54, 1.807) is 6.20 Å². The highest BCUT2D eigenvalue weighted by molar-refractivity contribution is 8.76. The second-order valence-corrected chi connectivity index (χ2v) is 7.26. The molecule has 2 rings (SSSR count). The third-order valence-electron chi connectivity index (χ3n) is 2.85. The highest BCUT2D eigenvalue weighted by Crippen LogP contribution is 2.20. The Morgan fingerprint density at radius 3 is 2.80 bits per heavy atom. The fraction of sp³-hybridized carbons (Fsp3) is 0.357. The molecule has 1 N–H and O–H groups in total. The molecule has 134 valence electrons. The fourth-order valence-corrected chi connectivity index (χ4v) is 3.46. The molecule has 0 atom stereocenters. The molecule has 1 aromatic heterocycles. The summed E-state index contributed by atoms with van der Waals surface area (Å²) in [6.45, 7) is 0.299. The lowest BCUT2D eigenvalue weighted by Gasteiger charge is -2.08. The van der Waals surface area contributed by atoms with Gasteiger partial charge in [-0.25, -0.2) is 0 Å². The number of nitrogens with zero attached hydrogens (tertiary/aromatic N) is 3. The van der Waals surface area contributed by atoms with Gasteiger partial charge in [0.1, 0.15) is 19.8 Å². The second kappa shape index (κ2) is 10.6. The van der Waals surface area contributed by atoms with E-state index in [4.69, 9.17) is 4.74 Å². The van der Waals surface area contributed by atoms with Gasteiger partial charge in [-0.15, -0.1) is 15.2 Å². The zero-order valence-corrected chi connectivity index (χ0v) is 14.8. The standard InChI is InChI=1S/C14H16N4O5S2/c19-13(22-5-7-24-25-8-6-23-18(20)21)10-15-14-12-4-2-1-3-11(12)9-16-17-14/h1-4,9H,5-8,10H2,(H,15,17). The summed E-state index contributed by atoms with van der Waals surface area (Å²) in [4.78, 5) is 25.8. The lowest BCUT2D eigenvalue weighted by atomic mass is 10.2. The van der Waals surface area contributed by atoms with Crippen LogP contribution in [0.15, 0.2) is 30.5 Å². The van der Waals surface area contributed by atoms with E-state index in [-0.39, 0.29) is 19.8 Å². The van der Waals surface area contributed by atoms with E-state index in [2.05, 4.69) is 20.4 Å². The Hall–Kier alpha value is -2.27. The van der Waals surface area contributed by atoms with Crippen molar-refractivity contribution < 1.29 is 19.5 Å². The van der Waals surface area contributed by atoms with Gasteiger partial charge < -0.3 is 14.9 Å². The zero-order chi connectivity index (χ0) is 17.9. The maximum Gasteiger partial charge on any atom is 0.325 e. The van der Waals surface area contributed by atoms with Crippen LogP contribution in [0.5, 0.6) is 0 Å². The number of hydrogen-bond donors (Lipinski definition) is 1. The lowest BCUT2D eigenvalue weighted by molar-refractivity contribution is -0.756. The topological polar surface area (TPSA) is 116 Å². The molecule has 0 aliphatic carbocycles. The predicted molar refractivity (Wildman–Crippen MR) is 96.8 cm³/mol. The Morgan fingerprint density at radius 2 is 2.00 bits per heavy atom. The van der Waals surface area contributed by atoms with Crippen molar-refractivity contribution in [1.29, 1.82) is 0 Å². The monoisotopic (exact) mass is 384 g/mol. The average Bonchev–Trinajstić information content (AvgIpc) is 2.62. The van der Waals surface area contributed by atoms with Gasteiger partial charge >= 0.3 is 5.97 Å². The Bertz CT molecular complexity index is 713. The summed E-state index contributed by atoms with van der Waals surface area (Å²) in [7, 11) is 2.88. The molecule has 1 aromatic carbocycles.